The van der Waals surface area contributed by atoms with Gasteiger partial charge >= 0.3 is 0 Å². The van der Waals surface area contributed by atoms with E-state index in [1.54, 1.807) is 11.3 Å². The van der Waals surface area contributed by atoms with Gasteiger partial charge in [-0.3, -0.25) is 5.43 Å². The Hall–Kier alpha value is -2.15. The van der Waals surface area contributed by atoms with Crippen LogP contribution in [-0.2, 0) is 0 Å². The Morgan fingerprint density at radius 2 is 1.79 bits per heavy atom. The molecule has 4 heterocycles. The fourth-order valence-electron chi connectivity index (χ4n) is 3.17. The maximum Gasteiger partial charge on any atom is 0.229 e. The van der Waals surface area contributed by atoms with Crippen LogP contribution in [0, 0.1) is 0 Å². The van der Waals surface area contributed by atoms with Gasteiger partial charge in [-0.05, 0) is 37.1 Å². The Labute approximate surface area is 146 Å². The van der Waals surface area contributed by atoms with Crippen molar-refractivity contribution < 1.29 is 0 Å². The van der Waals surface area contributed by atoms with Gasteiger partial charge in [0, 0.05) is 37.1 Å². The number of hydrogen-bond acceptors (Lipinski definition) is 7. The number of hydrazone groups is 1. The van der Waals surface area contributed by atoms with E-state index in [0.29, 0.717) is 0 Å². The van der Waals surface area contributed by atoms with Crippen LogP contribution >= 0.6 is 11.3 Å². The molecule has 1 N–H and O–H groups in total. The maximum atomic E-state index is 4.81. The van der Waals surface area contributed by atoms with Crippen molar-refractivity contribution in [2.45, 2.75) is 25.7 Å². The zero-order valence-electron chi connectivity index (χ0n) is 13.7. The summed E-state index contributed by atoms with van der Waals surface area (Å²) in [7, 11) is 0. The molecule has 0 unspecified atom stereocenters. The zero-order valence-corrected chi connectivity index (χ0v) is 14.5. The van der Waals surface area contributed by atoms with E-state index in [1.165, 1.54) is 25.7 Å². The predicted molar refractivity (Wildman–Crippen MR) is 100 cm³/mol. The Morgan fingerprint density at radius 3 is 2.50 bits per heavy atom. The van der Waals surface area contributed by atoms with Crippen molar-refractivity contribution in [1.29, 1.82) is 0 Å². The molecule has 0 bridgehead atoms. The van der Waals surface area contributed by atoms with E-state index >= 15 is 0 Å². The van der Waals surface area contributed by atoms with E-state index < -0.39 is 0 Å². The molecular weight excluding hydrogens is 320 g/mol. The van der Waals surface area contributed by atoms with Gasteiger partial charge in [0.2, 0.25) is 5.95 Å². The molecule has 0 atom stereocenters. The van der Waals surface area contributed by atoms with Gasteiger partial charge in [0.25, 0.3) is 0 Å². The molecule has 2 aromatic rings. The van der Waals surface area contributed by atoms with Gasteiger partial charge in [-0.15, -0.1) is 11.3 Å². The summed E-state index contributed by atoms with van der Waals surface area (Å²) in [4.78, 5) is 15.2. The summed E-state index contributed by atoms with van der Waals surface area (Å²) in [6.07, 6.45) is 6.75. The third kappa shape index (κ3) is 3.51. The molecule has 0 amide bonds. The first-order chi connectivity index (χ1) is 11.9. The fraction of sp³-hybridized carbons (Fsp3) is 0.471. The second kappa shape index (κ2) is 7.17. The van der Waals surface area contributed by atoms with Crippen LogP contribution in [0.5, 0.6) is 0 Å². The van der Waals surface area contributed by atoms with Crippen LogP contribution in [0.2, 0.25) is 0 Å². The molecule has 24 heavy (non-hydrogen) atoms. The maximum absolute atomic E-state index is 4.81. The number of thiophene rings is 1. The van der Waals surface area contributed by atoms with Crippen molar-refractivity contribution in [3.05, 3.63) is 28.5 Å². The minimum atomic E-state index is 0.765. The lowest BCUT2D eigenvalue weighted by molar-refractivity contribution is 0.871. The largest absolute Gasteiger partial charge is 0.356 e. The second-order valence-corrected chi connectivity index (χ2v) is 7.16. The molecular formula is C17H22N6S. The smallest absolute Gasteiger partial charge is 0.229 e. The average Bonchev–Trinajstić information content (AvgIpc) is 3.35. The number of rotatable bonds is 5. The van der Waals surface area contributed by atoms with E-state index in [-0.39, 0.29) is 0 Å². The molecule has 7 heteroatoms. The van der Waals surface area contributed by atoms with E-state index in [1.807, 2.05) is 29.8 Å². The van der Waals surface area contributed by atoms with Crippen molar-refractivity contribution in [3.63, 3.8) is 0 Å². The highest BCUT2D eigenvalue weighted by atomic mass is 32.1. The minimum Gasteiger partial charge on any atom is -0.356 e. The first kappa shape index (κ1) is 15.4. The van der Waals surface area contributed by atoms with Crippen LogP contribution < -0.4 is 15.2 Å². The van der Waals surface area contributed by atoms with E-state index in [9.17, 15) is 0 Å². The molecule has 2 aliphatic rings. The van der Waals surface area contributed by atoms with Gasteiger partial charge in [-0.1, -0.05) is 6.07 Å². The Bertz CT molecular complexity index is 653. The van der Waals surface area contributed by atoms with Crippen molar-refractivity contribution in [3.8, 4) is 0 Å². The molecule has 0 radical (unpaired) electrons. The summed E-state index contributed by atoms with van der Waals surface area (Å²) in [5, 5.41) is 6.37. The molecule has 6 nitrogen and oxygen atoms in total. The van der Waals surface area contributed by atoms with Gasteiger partial charge in [-0.25, -0.2) is 0 Å². The summed E-state index contributed by atoms with van der Waals surface area (Å²) < 4.78 is 0. The van der Waals surface area contributed by atoms with E-state index in [4.69, 9.17) is 4.98 Å². The van der Waals surface area contributed by atoms with Crippen molar-refractivity contribution >= 4 is 35.1 Å². The third-order valence-electron chi connectivity index (χ3n) is 4.43. The summed E-state index contributed by atoms with van der Waals surface area (Å²) in [5.41, 5.74) is 3.08. The van der Waals surface area contributed by atoms with Gasteiger partial charge in [0.05, 0.1) is 6.21 Å². The summed E-state index contributed by atoms with van der Waals surface area (Å²) >= 11 is 1.67. The quantitative estimate of drug-likeness (QED) is 0.668. The number of hydrogen-bond donors (Lipinski definition) is 1. The normalized spacial score (nSPS) is 18.0. The molecule has 0 aliphatic carbocycles. The SMILES string of the molecule is C(=NNc1cc(N2CCCC2)nc(N2CCCC2)n1)c1cccs1. The number of nitrogens with one attached hydrogen (secondary N) is 1. The molecule has 4 rings (SSSR count). The molecule has 0 spiro atoms. The second-order valence-electron chi connectivity index (χ2n) is 6.19. The van der Waals surface area contributed by atoms with Gasteiger partial charge in [-0.2, -0.15) is 15.1 Å². The number of anilines is 3. The van der Waals surface area contributed by atoms with Crippen LogP contribution in [0.1, 0.15) is 30.6 Å². The average molecular weight is 342 g/mol. The van der Waals surface area contributed by atoms with Crippen LogP contribution in [0.15, 0.2) is 28.7 Å². The Morgan fingerprint density at radius 1 is 1.04 bits per heavy atom. The monoisotopic (exact) mass is 342 g/mol. The first-order valence-electron chi connectivity index (χ1n) is 8.60. The fourth-order valence-corrected chi connectivity index (χ4v) is 3.76. The highest BCUT2D eigenvalue weighted by molar-refractivity contribution is 7.11. The third-order valence-corrected chi connectivity index (χ3v) is 5.24. The van der Waals surface area contributed by atoms with Gasteiger partial charge in [0.15, 0.2) is 5.82 Å². The Kier molecular flexibility index (Phi) is 4.60. The predicted octanol–water partition coefficient (Wildman–Crippen LogP) is 3.18. The standard InChI is InChI=1S/C17H22N6S/c1-2-8-22(7-1)16-12-15(21-18-13-14-6-5-11-24-14)19-17(20-16)23-9-3-4-10-23/h5-6,11-13H,1-4,7-10H2,(H,19,20,21). The van der Waals surface area contributed by atoms with E-state index in [2.05, 4.69) is 25.3 Å². The Balaban J connectivity index is 1.56. The first-order valence-corrected chi connectivity index (χ1v) is 9.48. The molecule has 2 saturated heterocycles. The topological polar surface area (TPSA) is 56.7 Å². The van der Waals surface area contributed by atoms with Crippen molar-refractivity contribution in [2.75, 3.05) is 41.4 Å². The van der Waals surface area contributed by atoms with Gasteiger partial charge in [0.1, 0.15) is 5.82 Å². The highest BCUT2D eigenvalue weighted by Gasteiger charge is 2.20. The molecule has 0 aromatic carbocycles. The molecule has 126 valence electrons. The summed E-state index contributed by atoms with van der Waals surface area (Å²) in [6, 6.07) is 6.07. The van der Waals surface area contributed by atoms with Crippen molar-refractivity contribution in [2.24, 2.45) is 5.10 Å². The number of nitrogens with zero attached hydrogens (tertiary/aromatic N) is 5. The summed E-state index contributed by atoms with van der Waals surface area (Å²) in [5.74, 6) is 2.60. The lowest BCUT2D eigenvalue weighted by Crippen LogP contribution is -2.24. The highest BCUT2D eigenvalue weighted by Crippen LogP contribution is 2.25. The zero-order chi connectivity index (χ0) is 16.2. The van der Waals surface area contributed by atoms with Crippen LogP contribution in [0.3, 0.4) is 0 Å². The van der Waals surface area contributed by atoms with Crippen LogP contribution in [-0.4, -0.2) is 42.4 Å². The molecule has 2 aliphatic heterocycles. The molecule has 0 saturated carbocycles. The van der Waals surface area contributed by atoms with E-state index in [0.717, 1.165) is 48.6 Å². The van der Waals surface area contributed by atoms with Crippen LogP contribution in [0.4, 0.5) is 17.6 Å². The summed E-state index contributed by atoms with van der Waals surface area (Å²) in [6.45, 7) is 4.24. The molecule has 2 fully saturated rings. The lowest BCUT2D eigenvalue weighted by Gasteiger charge is -2.21. The number of aromatic nitrogens is 2. The van der Waals surface area contributed by atoms with Gasteiger partial charge < -0.3 is 9.80 Å². The minimum absolute atomic E-state index is 0.765. The lowest BCUT2D eigenvalue weighted by atomic mass is 10.4. The van der Waals surface area contributed by atoms with Crippen molar-refractivity contribution in [1.82, 2.24) is 9.97 Å². The van der Waals surface area contributed by atoms with Crippen LogP contribution in [0.25, 0.3) is 0 Å². The molecule has 2 aromatic heterocycles.